The van der Waals surface area contributed by atoms with Crippen LogP contribution >= 0.6 is 11.8 Å². The smallest absolute Gasteiger partial charge is 0.0171 e. The lowest BCUT2D eigenvalue weighted by Crippen LogP contribution is -2.18. The predicted octanol–water partition coefficient (Wildman–Crippen LogP) is 1.96. The van der Waals surface area contributed by atoms with Crippen LogP contribution in [0.4, 0.5) is 0 Å². The molecule has 1 aliphatic rings. The highest BCUT2D eigenvalue weighted by Gasteiger charge is 2.05. The van der Waals surface area contributed by atoms with E-state index in [2.05, 4.69) is 18.5 Å². The van der Waals surface area contributed by atoms with E-state index in [4.69, 9.17) is 0 Å². The van der Waals surface area contributed by atoms with Gasteiger partial charge in [0.25, 0.3) is 0 Å². The normalized spacial score (nSPS) is 19.8. The molecule has 0 aromatic carbocycles. The van der Waals surface area contributed by atoms with E-state index >= 15 is 0 Å². The zero-order valence-electron chi connectivity index (χ0n) is 6.03. The van der Waals surface area contributed by atoms with Gasteiger partial charge in [0.05, 0.1) is 0 Å². The second-order valence-corrected chi connectivity index (χ2v) is 3.18. The molecular formula is C7H13NS. The molecule has 0 bridgehead atoms. The molecule has 0 atom stereocenters. The summed E-state index contributed by atoms with van der Waals surface area (Å²) in [4.78, 5) is 1.53. The molecule has 0 fully saturated rings. The summed E-state index contributed by atoms with van der Waals surface area (Å²) >= 11 is 1.87. The molecule has 0 unspecified atom stereocenters. The van der Waals surface area contributed by atoms with Gasteiger partial charge in [0.2, 0.25) is 0 Å². The van der Waals surface area contributed by atoms with Crippen molar-refractivity contribution < 1.29 is 0 Å². The van der Waals surface area contributed by atoms with Crippen molar-refractivity contribution in [2.45, 2.75) is 19.8 Å². The van der Waals surface area contributed by atoms with E-state index in [-0.39, 0.29) is 0 Å². The Balaban J connectivity index is 2.59. The minimum Gasteiger partial charge on any atom is -0.388 e. The minimum atomic E-state index is 1.16. The van der Waals surface area contributed by atoms with Gasteiger partial charge in [-0.3, -0.25) is 0 Å². The predicted molar refractivity (Wildman–Crippen MR) is 43.5 cm³/mol. The first kappa shape index (κ1) is 7.00. The Labute approximate surface area is 60.9 Å². The Hall–Kier alpha value is -0.110. The highest BCUT2D eigenvalue weighted by molar-refractivity contribution is 8.02. The van der Waals surface area contributed by atoms with Crippen LogP contribution in [-0.2, 0) is 0 Å². The molecule has 52 valence electrons. The molecule has 0 saturated heterocycles. The SMILES string of the molecule is CSC1=C(C)NCCC1. The van der Waals surface area contributed by atoms with E-state index in [1.807, 2.05) is 11.8 Å². The van der Waals surface area contributed by atoms with Crippen LogP contribution < -0.4 is 5.32 Å². The molecule has 1 rings (SSSR count). The van der Waals surface area contributed by atoms with Gasteiger partial charge in [-0.15, -0.1) is 11.8 Å². The molecule has 1 heterocycles. The Kier molecular flexibility index (Phi) is 2.46. The number of nitrogens with one attached hydrogen (secondary N) is 1. The largest absolute Gasteiger partial charge is 0.388 e. The number of hydrogen-bond donors (Lipinski definition) is 1. The second kappa shape index (κ2) is 3.16. The summed E-state index contributed by atoms with van der Waals surface area (Å²) in [7, 11) is 0. The van der Waals surface area contributed by atoms with Crippen molar-refractivity contribution in [3.63, 3.8) is 0 Å². The average molecular weight is 143 g/mol. The van der Waals surface area contributed by atoms with Crippen LogP contribution in [0.1, 0.15) is 19.8 Å². The van der Waals surface area contributed by atoms with E-state index in [1.165, 1.54) is 23.4 Å². The molecule has 9 heavy (non-hydrogen) atoms. The van der Waals surface area contributed by atoms with Crippen LogP contribution in [0.25, 0.3) is 0 Å². The maximum absolute atomic E-state index is 3.34. The monoisotopic (exact) mass is 143 g/mol. The highest BCUT2D eigenvalue weighted by Crippen LogP contribution is 2.23. The molecule has 0 radical (unpaired) electrons. The molecule has 0 saturated carbocycles. The van der Waals surface area contributed by atoms with Crippen LogP contribution in [-0.4, -0.2) is 12.8 Å². The van der Waals surface area contributed by atoms with Crippen LogP contribution in [0.3, 0.4) is 0 Å². The molecule has 1 nitrogen and oxygen atoms in total. The second-order valence-electron chi connectivity index (χ2n) is 2.28. The number of rotatable bonds is 1. The molecule has 0 aromatic heterocycles. The summed E-state index contributed by atoms with van der Waals surface area (Å²) < 4.78 is 0. The van der Waals surface area contributed by atoms with Crippen molar-refractivity contribution in [3.8, 4) is 0 Å². The van der Waals surface area contributed by atoms with Crippen molar-refractivity contribution in [1.82, 2.24) is 5.32 Å². The number of thioether (sulfide) groups is 1. The third kappa shape index (κ3) is 1.65. The summed E-state index contributed by atoms with van der Waals surface area (Å²) in [6, 6.07) is 0. The Bertz CT molecular complexity index is 129. The van der Waals surface area contributed by atoms with Gasteiger partial charge in [-0.25, -0.2) is 0 Å². The third-order valence-corrected chi connectivity index (χ3v) is 2.64. The van der Waals surface area contributed by atoms with Crippen LogP contribution in [0.15, 0.2) is 10.6 Å². The Morgan fingerprint density at radius 1 is 1.56 bits per heavy atom. The molecule has 2 heteroatoms. The van der Waals surface area contributed by atoms with Crippen molar-refractivity contribution in [3.05, 3.63) is 10.6 Å². The van der Waals surface area contributed by atoms with Crippen LogP contribution in [0.5, 0.6) is 0 Å². The molecular weight excluding hydrogens is 130 g/mol. The summed E-state index contributed by atoms with van der Waals surface area (Å²) in [5.74, 6) is 0. The van der Waals surface area contributed by atoms with E-state index in [0.717, 1.165) is 6.54 Å². The first-order chi connectivity index (χ1) is 4.34. The lowest BCUT2D eigenvalue weighted by molar-refractivity contribution is 0.683. The number of hydrogen-bond acceptors (Lipinski definition) is 2. The molecule has 0 spiro atoms. The maximum atomic E-state index is 3.34. The van der Waals surface area contributed by atoms with Crippen LogP contribution in [0.2, 0.25) is 0 Å². The van der Waals surface area contributed by atoms with Gasteiger partial charge in [0, 0.05) is 17.1 Å². The quantitative estimate of drug-likeness (QED) is 0.602. The molecule has 0 amide bonds. The first-order valence-corrected chi connectivity index (χ1v) is 4.54. The molecule has 0 aliphatic carbocycles. The van der Waals surface area contributed by atoms with Crippen LogP contribution in [0, 0.1) is 0 Å². The van der Waals surface area contributed by atoms with E-state index in [0.29, 0.717) is 0 Å². The number of allylic oxidation sites excluding steroid dienone is 2. The van der Waals surface area contributed by atoms with Crippen molar-refractivity contribution in [2.24, 2.45) is 0 Å². The summed E-state index contributed by atoms with van der Waals surface area (Å²) in [6.07, 6.45) is 4.72. The fourth-order valence-electron chi connectivity index (χ4n) is 1.07. The van der Waals surface area contributed by atoms with Crippen molar-refractivity contribution >= 4 is 11.8 Å². The standard InChI is InChI=1S/C7H13NS/c1-6-7(9-2)4-3-5-8-6/h8H,3-5H2,1-2H3. The lowest BCUT2D eigenvalue weighted by Gasteiger charge is -2.17. The fraction of sp³-hybridized carbons (Fsp3) is 0.714. The topological polar surface area (TPSA) is 12.0 Å². The van der Waals surface area contributed by atoms with Gasteiger partial charge < -0.3 is 5.32 Å². The Morgan fingerprint density at radius 3 is 2.78 bits per heavy atom. The average Bonchev–Trinajstić information content (AvgIpc) is 1.89. The molecule has 1 aliphatic heterocycles. The summed E-state index contributed by atoms with van der Waals surface area (Å²) in [5, 5.41) is 3.34. The lowest BCUT2D eigenvalue weighted by atomic mass is 10.2. The summed E-state index contributed by atoms with van der Waals surface area (Å²) in [5.41, 5.74) is 1.38. The van der Waals surface area contributed by atoms with E-state index < -0.39 is 0 Å². The molecule has 1 N–H and O–H groups in total. The van der Waals surface area contributed by atoms with Crippen molar-refractivity contribution in [2.75, 3.05) is 12.8 Å². The maximum Gasteiger partial charge on any atom is 0.0171 e. The van der Waals surface area contributed by atoms with Crippen molar-refractivity contribution in [1.29, 1.82) is 0 Å². The summed E-state index contributed by atoms with van der Waals surface area (Å²) in [6.45, 7) is 3.32. The van der Waals surface area contributed by atoms with Gasteiger partial charge >= 0.3 is 0 Å². The van der Waals surface area contributed by atoms with Gasteiger partial charge in [-0.05, 0) is 26.0 Å². The molecule has 0 aromatic rings. The van der Waals surface area contributed by atoms with Gasteiger partial charge in [0.1, 0.15) is 0 Å². The zero-order valence-corrected chi connectivity index (χ0v) is 6.85. The van der Waals surface area contributed by atoms with E-state index in [9.17, 15) is 0 Å². The zero-order chi connectivity index (χ0) is 6.69. The third-order valence-electron chi connectivity index (χ3n) is 1.64. The van der Waals surface area contributed by atoms with Gasteiger partial charge in [-0.1, -0.05) is 0 Å². The Morgan fingerprint density at radius 2 is 2.33 bits per heavy atom. The van der Waals surface area contributed by atoms with Gasteiger partial charge in [-0.2, -0.15) is 0 Å². The fourth-order valence-corrected chi connectivity index (χ4v) is 1.79. The first-order valence-electron chi connectivity index (χ1n) is 3.32. The minimum absolute atomic E-state index is 1.16. The van der Waals surface area contributed by atoms with Gasteiger partial charge in [0.15, 0.2) is 0 Å². The van der Waals surface area contributed by atoms with E-state index in [1.54, 1.807) is 0 Å². The highest BCUT2D eigenvalue weighted by atomic mass is 32.2.